The van der Waals surface area contributed by atoms with Crippen LogP contribution in [0.5, 0.6) is 5.75 Å². The molecule has 0 saturated carbocycles. The molecule has 2 aromatic carbocycles. The van der Waals surface area contributed by atoms with Crippen molar-refractivity contribution in [2.75, 3.05) is 13.4 Å². The van der Waals surface area contributed by atoms with E-state index in [4.69, 9.17) is 4.74 Å². The van der Waals surface area contributed by atoms with E-state index in [1.807, 2.05) is 35.9 Å². The van der Waals surface area contributed by atoms with Crippen molar-refractivity contribution in [2.45, 2.75) is 11.8 Å². The highest BCUT2D eigenvalue weighted by molar-refractivity contribution is 7.98. The second kappa shape index (κ2) is 6.23. The molecule has 0 aliphatic heterocycles. The minimum absolute atomic E-state index is 0.835. The summed E-state index contributed by atoms with van der Waals surface area (Å²) < 4.78 is 7.05. The predicted molar refractivity (Wildman–Crippen MR) is 89.9 cm³/mol. The van der Waals surface area contributed by atoms with E-state index < -0.39 is 0 Å². The maximum atomic E-state index is 5.19. The smallest absolute Gasteiger partial charge is 0.118 e. The Morgan fingerprint density at radius 3 is 2.27 bits per heavy atom. The lowest BCUT2D eigenvalue weighted by Gasteiger charge is -2.05. The topological polar surface area (TPSA) is 39.9 Å². The number of methoxy groups -OCH3 is 1. The van der Waals surface area contributed by atoms with Crippen LogP contribution in [0.1, 0.15) is 5.69 Å². The van der Waals surface area contributed by atoms with Crippen LogP contribution in [-0.2, 0) is 0 Å². The molecule has 3 rings (SSSR count). The second-order valence-electron chi connectivity index (χ2n) is 4.86. The SMILES string of the molecule is COc1ccc(-c2nnn(-c3ccc(SC)cc3)c2C)cc1. The van der Waals surface area contributed by atoms with Crippen LogP contribution in [0.25, 0.3) is 16.9 Å². The maximum absolute atomic E-state index is 5.19. The molecular formula is C17H17N3OS. The maximum Gasteiger partial charge on any atom is 0.118 e. The molecule has 1 aromatic heterocycles. The van der Waals surface area contributed by atoms with Gasteiger partial charge >= 0.3 is 0 Å². The summed E-state index contributed by atoms with van der Waals surface area (Å²) in [6, 6.07) is 16.2. The lowest BCUT2D eigenvalue weighted by molar-refractivity contribution is 0.415. The Morgan fingerprint density at radius 1 is 1.00 bits per heavy atom. The summed E-state index contributed by atoms with van der Waals surface area (Å²) in [5, 5.41) is 8.62. The Morgan fingerprint density at radius 2 is 1.68 bits per heavy atom. The fourth-order valence-electron chi connectivity index (χ4n) is 2.31. The van der Waals surface area contributed by atoms with Gasteiger partial charge in [0.15, 0.2) is 0 Å². The first-order chi connectivity index (χ1) is 10.7. The number of hydrogen-bond donors (Lipinski definition) is 0. The Kier molecular flexibility index (Phi) is 4.15. The largest absolute Gasteiger partial charge is 0.497 e. The molecule has 0 amide bonds. The van der Waals surface area contributed by atoms with Crippen LogP contribution in [0, 0.1) is 6.92 Å². The van der Waals surface area contributed by atoms with Gasteiger partial charge in [0.1, 0.15) is 11.4 Å². The third-order valence-electron chi connectivity index (χ3n) is 3.58. The molecule has 0 aliphatic rings. The lowest BCUT2D eigenvalue weighted by atomic mass is 10.1. The molecule has 3 aromatic rings. The first-order valence-electron chi connectivity index (χ1n) is 6.94. The van der Waals surface area contributed by atoms with Gasteiger partial charge in [-0.25, -0.2) is 4.68 Å². The molecular weight excluding hydrogens is 294 g/mol. The van der Waals surface area contributed by atoms with Gasteiger partial charge in [-0.05, 0) is 61.7 Å². The second-order valence-corrected chi connectivity index (χ2v) is 5.74. The van der Waals surface area contributed by atoms with E-state index in [1.165, 1.54) is 4.90 Å². The minimum atomic E-state index is 0.835. The van der Waals surface area contributed by atoms with E-state index in [9.17, 15) is 0 Å². The Balaban J connectivity index is 1.96. The Labute approximate surface area is 134 Å². The van der Waals surface area contributed by atoms with E-state index >= 15 is 0 Å². The van der Waals surface area contributed by atoms with Crippen LogP contribution >= 0.6 is 11.8 Å². The first kappa shape index (κ1) is 14.7. The number of ether oxygens (including phenoxy) is 1. The van der Waals surface area contributed by atoms with Gasteiger partial charge in [0.25, 0.3) is 0 Å². The normalized spacial score (nSPS) is 10.7. The van der Waals surface area contributed by atoms with Gasteiger partial charge in [-0.15, -0.1) is 16.9 Å². The third-order valence-corrected chi connectivity index (χ3v) is 4.32. The van der Waals surface area contributed by atoms with Gasteiger partial charge in [0.2, 0.25) is 0 Å². The highest BCUT2D eigenvalue weighted by atomic mass is 32.2. The average molecular weight is 311 g/mol. The number of nitrogens with zero attached hydrogens (tertiary/aromatic N) is 3. The average Bonchev–Trinajstić information content (AvgIpc) is 2.96. The van der Waals surface area contributed by atoms with Gasteiger partial charge in [-0.2, -0.15) is 0 Å². The van der Waals surface area contributed by atoms with E-state index in [1.54, 1.807) is 18.9 Å². The molecule has 0 N–H and O–H groups in total. The van der Waals surface area contributed by atoms with Gasteiger partial charge < -0.3 is 4.74 Å². The predicted octanol–water partition coefficient (Wildman–Crippen LogP) is 3.97. The van der Waals surface area contributed by atoms with Crippen molar-refractivity contribution in [3.05, 3.63) is 54.2 Å². The molecule has 0 unspecified atom stereocenters. The van der Waals surface area contributed by atoms with Gasteiger partial charge in [0.05, 0.1) is 18.5 Å². The fourth-order valence-corrected chi connectivity index (χ4v) is 2.72. The molecule has 4 nitrogen and oxygen atoms in total. The molecule has 0 aliphatic carbocycles. The highest BCUT2D eigenvalue weighted by Gasteiger charge is 2.12. The Hall–Kier alpha value is -2.27. The van der Waals surface area contributed by atoms with Crippen molar-refractivity contribution < 1.29 is 4.74 Å². The summed E-state index contributed by atoms with van der Waals surface area (Å²) >= 11 is 1.73. The monoisotopic (exact) mass is 311 g/mol. The number of rotatable bonds is 4. The molecule has 0 fully saturated rings. The highest BCUT2D eigenvalue weighted by Crippen LogP contribution is 2.25. The number of hydrogen-bond acceptors (Lipinski definition) is 4. The minimum Gasteiger partial charge on any atom is -0.497 e. The van der Waals surface area contributed by atoms with Crippen molar-refractivity contribution in [3.63, 3.8) is 0 Å². The van der Waals surface area contributed by atoms with E-state index in [0.29, 0.717) is 0 Å². The molecule has 0 bridgehead atoms. The van der Waals surface area contributed by atoms with E-state index in [0.717, 1.165) is 28.4 Å². The summed E-state index contributed by atoms with van der Waals surface area (Å²) in [4.78, 5) is 1.23. The zero-order chi connectivity index (χ0) is 15.5. The van der Waals surface area contributed by atoms with Crippen LogP contribution in [0.15, 0.2) is 53.4 Å². The summed E-state index contributed by atoms with van der Waals surface area (Å²) in [6.07, 6.45) is 2.07. The van der Waals surface area contributed by atoms with Crippen molar-refractivity contribution in [3.8, 4) is 22.7 Å². The van der Waals surface area contributed by atoms with E-state index in [2.05, 4.69) is 40.8 Å². The molecule has 5 heteroatoms. The van der Waals surface area contributed by atoms with Crippen molar-refractivity contribution in [1.82, 2.24) is 15.0 Å². The Bertz CT molecular complexity index is 699. The van der Waals surface area contributed by atoms with Gasteiger partial charge in [-0.1, -0.05) is 5.21 Å². The van der Waals surface area contributed by atoms with Crippen molar-refractivity contribution in [1.29, 1.82) is 0 Å². The number of thioether (sulfide) groups is 1. The molecule has 112 valence electrons. The van der Waals surface area contributed by atoms with Crippen molar-refractivity contribution in [2.24, 2.45) is 0 Å². The lowest BCUT2D eigenvalue weighted by Crippen LogP contribution is -1.98. The number of benzene rings is 2. The fraction of sp³-hybridized carbons (Fsp3) is 0.176. The van der Waals surface area contributed by atoms with Crippen LogP contribution in [0.2, 0.25) is 0 Å². The summed E-state index contributed by atoms with van der Waals surface area (Å²) in [5.74, 6) is 0.835. The number of aromatic nitrogens is 3. The van der Waals surface area contributed by atoms with Gasteiger partial charge in [-0.3, -0.25) is 0 Å². The van der Waals surface area contributed by atoms with E-state index in [-0.39, 0.29) is 0 Å². The first-order valence-corrected chi connectivity index (χ1v) is 8.16. The van der Waals surface area contributed by atoms with Crippen LogP contribution < -0.4 is 4.74 Å². The quantitative estimate of drug-likeness (QED) is 0.683. The molecule has 22 heavy (non-hydrogen) atoms. The zero-order valence-corrected chi connectivity index (χ0v) is 13.6. The molecule has 0 atom stereocenters. The third kappa shape index (κ3) is 2.72. The summed E-state index contributed by atoms with van der Waals surface area (Å²) in [6.45, 7) is 2.03. The van der Waals surface area contributed by atoms with Crippen LogP contribution in [-0.4, -0.2) is 28.4 Å². The summed E-state index contributed by atoms with van der Waals surface area (Å²) in [7, 11) is 1.66. The molecule has 1 heterocycles. The van der Waals surface area contributed by atoms with Gasteiger partial charge in [0, 0.05) is 10.5 Å². The van der Waals surface area contributed by atoms with Crippen molar-refractivity contribution >= 4 is 11.8 Å². The zero-order valence-electron chi connectivity index (χ0n) is 12.8. The molecule has 0 radical (unpaired) electrons. The molecule has 0 saturated heterocycles. The standard InChI is InChI=1S/C17H17N3OS/c1-12-17(13-4-8-15(21-2)9-5-13)18-19-20(12)14-6-10-16(22-3)11-7-14/h4-11H,1-3H3. The van der Waals surface area contributed by atoms with Crippen LogP contribution in [0.3, 0.4) is 0 Å². The molecule has 0 spiro atoms. The van der Waals surface area contributed by atoms with Crippen LogP contribution in [0.4, 0.5) is 0 Å². The summed E-state index contributed by atoms with van der Waals surface area (Å²) in [5.41, 5.74) is 3.95.